The van der Waals surface area contributed by atoms with Crippen molar-refractivity contribution in [2.45, 2.75) is 39.7 Å². The number of para-hydroxylation sites is 1. The van der Waals surface area contributed by atoms with E-state index in [2.05, 4.69) is 51.1 Å². The van der Waals surface area contributed by atoms with Crippen molar-refractivity contribution in [3.8, 4) is 5.75 Å². The highest BCUT2D eigenvalue weighted by Crippen LogP contribution is 2.27. The molecule has 0 atom stereocenters. The number of benzene rings is 1. The molecule has 1 heterocycles. The number of hydrogen-bond donors (Lipinski definition) is 0. The fourth-order valence-electron chi connectivity index (χ4n) is 1.93. The average molecular weight is 260 g/mol. The van der Waals surface area contributed by atoms with E-state index in [1.165, 1.54) is 15.3 Å². The monoisotopic (exact) mass is 260 g/mol. The third kappa shape index (κ3) is 3.14. The molecule has 0 aliphatic heterocycles. The van der Waals surface area contributed by atoms with Gasteiger partial charge in [0.1, 0.15) is 12.4 Å². The molecule has 0 bridgehead atoms. The summed E-state index contributed by atoms with van der Waals surface area (Å²) >= 11 is 1.84. The van der Waals surface area contributed by atoms with Gasteiger partial charge < -0.3 is 4.74 Å². The smallest absolute Gasteiger partial charge is 0.123 e. The SMILES string of the molecule is CCc1ccc(COc2ccccc2C(C)C)s1. The van der Waals surface area contributed by atoms with Crippen LogP contribution in [0.1, 0.15) is 42.0 Å². The molecule has 0 aliphatic rings. The Labute approximate surface area is 113 Å². The molecule has 0 saturated carbocycles. The van der Waals surface area contributed by atoms with Crippen molar-refractivity contribution in [2.24, 2.45) is 0 Å². The second kappa shape index (κ2) is 6.05. The summed E-state index contributed by atoms with van der Waals surface area (Å²) in [7, 11) is 0. The number of rotatable bonds is 5. The highest BCUT2D eigenvalue weighted by atomic mass is 32.1. The zero-order chi connectivity index (χ0) is 13.0. The van der Waals surface area contributed by atoms with E-state index in [9.17, 15) is 0 Å². The first-order valence-electron chi connectivity index (χ1n) is 6.50. The van der Waals surface area contributed by atoms with E-state index >= 15 is 0 Å². The van der Waals surface area contributed by atoms with Crippen LogP contribution in [0.2, 0.25) is 0 Å². The molecule has 0 aliphatic carbocycles. The summed E-state index contributed by atoms with van der Waals surface area (Å²) in [4.78, 5) is 2.72. The third-order valence-corrected chi connectivity index (χ3v) is 4.18. The minimum Gasteiger partial charge on any atom is -0.488 e. The number of ether oxygens (including phenoxy) is 1. The molecule has 1 nitrogen and oxygen atoms in total. The zero-order valence-corrected chi connectivity index (χ0v) is 12.1. The van der Waals surface area contributed by atoms with Crippen molar-refractivity contribution in [3.63, 3.8) is 0 Å². The first-order chi connectivity index (χ1) is 8.70. The number of aryl methyl sites for hydroxylation is 1. The van der Waals surface area contributed by atoms with Crippen molar-refractivity contribution in [1.82, 2.24) is 0 Å². The van der Waals surface area contributed by atoms with Crippen LogP contribution in [-0.4, -0.2) is 0 Å². The van der Waals surface area contributed by atoms with Gasteiger partial charge in [0.15, 0.2) is 0 Å². The Kier molecular flexibility index (Phi) is 4.43. The summed E-state index contributed by atoms with van der Waals surface area (Å²) in [6, 6.07) is 12.7. The largest absolute Gasteiger partial charge is 0.488 e. The van der Waals surface area contributed by atoms with Gasteiger partial charge in [-0.2, -0.15) is 0 Å². The summed E-state index contributed by atoms with van der Waals surface area (Å²) in [5.41, 5.74) is 1.28. The molecule has 1 aromatic heterocycles. The maximum absolute atomic E-state index is 5.95. The summed E-state index contributed by atoms with van der Waals surface area (Å²) < 4.78 is 5.95. The van der Waals surface area contributed by atoms with Crippen LogP contribution in [0, 0.1) is 0 Å². The summed E-state index contributed by atoms with van der Waals surface area (Å²) in [5.74, 6) is 1.51. The van der Waals surface area contributed by atoms with Crippen LogP contribution in [-0.2, 0) is 13.0 Å². The summed E-state index contributed by atoms with van der Waals surface area (Å²) in [6.45, 7) is 7.25. The lowest BCUT2D eigenvalue weighted by molar-refractivity contribution is 0.305. The van der Waals surface area contributed by atoms with Crippen LogP contribution in [0.15, 0.2) is 36.4 Å². The summed E-state index contributed by atoms with van der Waals surface area (Å²) in [6.07, 6.45) is 1.10. The van der Waals surface area contributed by atoms with Crippen molar-refractivity contribution in [1.29, 1.82) is 0 Å². The van der Waals surface area contributed by atoms with Gasteiger partial charge in [-0.1, -0.05) is 39.0 Å². The summed E-state index contributed by atoms with van der Waals surface area (Å²) in [5, 5.41) is 0. The van der Waals surface area contributed by atoms with Crippen molar-refractivity contribution >= 4 is 11.3 Å². The zero-order valence-electron chi connectivity index (χ0n) is 11.3. The van der Waals surface area contributed by atoms with E-state index in [4.69, 9.17) is 4.74 Å². The molecule has 18 heavy (non-hydrogen) atoms. The second-order valence-electron chi connectivity index (χ2n) is 4.70. The van der Waals surface area contributed by atoms with Gasteiger partial charge in [-0.3, -0.25) is 0 Å². The van der Waals surface area contributed by atoms with Gasteiger partial charge in [0.2, 0.25) is 0 Å². The Balaban J connectivity index is 2.05. The first-order valence-corrected chi connectivity index (χ1v) is 7.31. The van der Waals surface area contributed by atoms with Gasteiger partial charge in [-0.25, -0.2) is 0 Å². The van der Waals surface area contributed by atoms with Crippen LogP contribution < -0.4 is 4.74 Å². The van der Waals surface area contributed by atoms with Gasteiger partial charge in [-0.15, -0.1) is 11.3 Å². The number of thiophene rings is 1. The number of hydrogen-bond acceptors (Lipinski definition) is 2. The molecule has 2 aromatic rings. The second-order valence-corrected chi connectivity index (χ2v) is 5.96. The lowest BCUT2D eigenvalue weighted by Crippen LogP contribution is -1.98. The average Bonchev–Trinajstić information content (AvgIpc) is 2.84. The van der Waals surface area contributed by atoms with Crippen LogP contribution in [0.4, 0.5) is 0 Å². The van der Waals surface area contributed by atoms with Gasteiger partial charge in [0, 0.05) is 9.75 Å². The van der Waals surface area contributed by atoms with E-state index in [-0.39, 0.29) is 0 Å². The molecule has 1 aromatic carbocycles. The van der Waals surface area contributed by atoms with Gasteiger partial charge in [-0.05, 0) is 36.1 Å². The van der Waals surface area contributed by atoms with Crippen LogP contribution in [0.3, 0.4) is 0 Å². The van der Waals surface area contributed by atoms with Gasteiger partial charge in [0.25, 0.3) is 0 Å². The highest BCUT2D eigenvalue weighted by Gasteiger charge is 2.07. The molecule has 0 radical (unpaired) electrons. The predicted octanol–water partition coefficient (Wildman–Crippen LogP) is 5.01. The Bertz CT molecular complexity index is 499. The van der Waals surface area contributed by atoms with Crippen LogP contribution >= 0.6 is 11.3 Å². The van der Waals surface area contributed by atoms with Gasteiger partial charge in [0.05, 0.1) is 0 Å². The Morgan fingerprint density at radius 2 is 1.78 bits per heavy atom. The lowest BCUT2D eigenvalue weighted by Gasteiger charge is -2.13. The Morgan fingerprint density at radius 1 is 1.06 bits per heavy atom. The van der Waals surface area contributed by atoms with Crippen LogP contribution in [0.5, 0.6) is 5.75 Å². The molecule has 0 saturated heterocycles. The van der Waals surface area contributed by atoms with Crippen molar-refractivity contribution in [3.05, 3.63) is 51.7 Å². The minimum absolute atomic E-state index is 0.496. The quantitative estimate of drug-likeness (QED) is 0.734. The molecule has 0 fully saturated rings. The molecule has 2 rings (SSSR count). The predicted molar refractivity (Wildman–Crippen MR) is 78.6 cm³/mol. The van der Waals surface area contributed by atoms with E-state index in [0.29, 0.717) is 12.5 Å². The molecule has 0 amide bonds. The molecule has 0 unspecified atom stereocenters. The third-order valence-electron chi connectivity index (χ3n) is 2.98. The van der Waals surface area contributed by atoms with Gasteiger partial charge >= 0.3 is 0 Å². The van der Waals surface area contributed by atoms with Crippen LogP contribution in [0.25, 0.3) is 0 Å². The fraction of sp³-hybridized carbons (Fsp3) is 0.375. The van der Waals surface area contributed by atoms with E-state index in [1.807, 2.05) is 17.4 Å². The molecule has 0 N–H and O–H groups in total. The topological polar surface area (TPSA) is 9.23 Å². The molecule has 0 spiro atoms. The fourth-order valence-corrected chi connectivity index (χ4v) is 2.80. The normalized spacial score (nSPS) is 10.9. The standard InChI is InChI=1S/C16H20OS/c1-4-13-9-10-14(18-13)11-17-16-8-6-5-7-15(16)12(2)3/h5-10,12H,4,11H2,1-3H3. The van der Waals surface area contributed by atoms with E-state index in [0.717, 1.165) is 12.2 Å². The lowest BCUT2D eigenvalue weighted by atomic mass is 10.0. The molecule has 96 valence electrons. The molecule has 2 heteroatoms. The molecular formula is C16H20OS. The highest BCUT2D eigenvalue weighted by molar-refractivity contribution is 7.11. The van der Waals surface area contributed by atoms with E-state index in [1.54, 1.807) is 0 Å². The van der Waals surface area contributed by atoms with Crippen molar-refractivity contribution in [2.75, 3.05) is 0 Å². The maximum atomic E-state index is 5.95. The van der Waals surface area contributed by atoms with E-state index < -0.39 is 0 Å². The maximum Gasteiger partial charge on any atom is 0.123 e. The Hall–Kier alpha value is -1.28. The molecular weight excluding hydrogens is 240 g/mol. The Morgan fingerprint density at radius 3 is 2.44 bits per heavy atom. The van der Waals surface area contributed by atoms with Crippen molar-refractivity contribution < 1.29 is 4.74 Å². The first kappa shape index (κ1) is 13.2. The minimum atomic E-state index is 0.496.